The van der Waals surface area contributed by atoms with E-state index < -0.39 is 8.07 Å². The van der Waals surface area contributed by atoms with Crippen molar-refractivity contribution >= 4 is 19.2 Å². The van der Waals surface area contributed by atoms with Crippen molar-refractivity contribution < 1.29 is 9.15 Å². The molecule has 238 valence electrons. The molecule has 4 rings (SSSR count). The van der Waals surface area contributed by atoms with Gasteiger partial charge in [-0.05, 0) is 67.3 Å². The fourth-order valence-corrected chi connectivity index (χ4v) is 8.52. The maximum absolute atomic E-state index is 6.09. The third-order valence-electron chi connectivity index (χ3n) is 8.75. The topological polar surface area (TPSA) is 61.0 Å². The summed E-state index contributed by atoms with van der Waals surface area (Å²) in [6.45, 7) is 10.3. The minimum Gasteiger partial charge on any atom is -0.494 e. The van der Waals surface area contributed by atoms with Gasteiger partial charge in [0.05, 0.1) is 6.61 Å². The third-order valence-corrected chi connectivity index (χ3v) is 12.2. The zero-order valence-electron chi connectivity index (χ0n) is 27.9. The third kappa shape index (κ3) is 11.2. The monoisotopic (exact) mass is 613 g/mol. The lowest BCUT2D eigenvalue weighted by Gasteiger charge is -2.21. The predicted molar refractivity (Wildman–Crippen MR) is 188 cm³/mol. The van der Waals surface area contributed by atoms with Gasteiger partial charge in [0.2, 0.25) is 5.89 Å². The number of aromatic nitrogens is 3. The Morgan fingerprint density at radius 2 is 1.30 bits per heavy atom. The van der Waals surface area contributed by atoms with Crippen molar-refractivity contribution in [3.8, 4) is 28.6 Å². The molecule has 0 saturated carbocycles. The molecule has 0 radical (unpaired) electrons. The standard InChI is InChI=1S/C38H55N3O2Si/c1-5-7-9-10-11-12-13-14-15-16-18-31-29-39-37(40-30-31)33-21-24-36-35(28-33)41-38(43-36)32-19-22-34(23-20-32)42-25-17-27-44(3,4)26-8-6-2/h19-24,28-30H,5-18,25-27H2,1-4H3. The lowest BCUT2D eigenvalue weighted by atomic mass is 10.0. The van der Waals surface area contributed by atoms with Gasteiger partial charge in [-0.2, -0.15) is 0 Å². The van der Waals surface area contributed by atoms with E-state index in [2.05, 4.69) is 36.9 Å². The largest absolute Gasteiger partial charge is 0.494 e. The number of aryl methyl sites for hydroxylation is 1. The van der Waals surface area contributed by atoms with Crippen molar-refractivity contribution in [3.05, 3.63) is 60.4 Å². The van der Waals surface area contributed by atoms with Crippen molar-refractivity contribution in [1.29, 1.82) is 0 Å². The summed E-state index contributed by atoms with van der Waals surface area (Å²) in [5.74, 6) is 2.23. The van der Waals surface area contributed by atoms with E-state index in [-0.39, 0.29) is 0 Å². The van der Waals surface area contributed by atoms with Crippen molar-refractivity contribution in [2.24, 2.45) is 0 Å². The second-order valence-corrected chi connectivity index (χ2v) is 18.6. The van der Waals surface area contributed by atoms with Crippen molar-refractivity contribution in [1.82, 2.24) is 15.0 Å². The van der Waals surface area contributed by atoms with Crippen LogP contribution in [0.15, 0.2) is 59.3 Å². The molecule has 0 saturated heterocycles. The minimum absolute atomic E-state index is 0.611. The molecule has 0 spiro atoms. The lowest BCUT2D eigenvalue weighted by molar-refractivity contribution is 0.316. The molecular formula is C38H55N3O2Si. The minimum atomic E-state index is -1.08. The average molecular weight is 614 g/mol. The quantitative estimate of drug-likeness (QED) is 0.0691. The number of unbranched alkanes of at least 4 members (excludes halogenated alkanes) is 10. The summed E-state index contributed by atoms with van der Waals surface area (Å²) < 4.78 is 12.1. The normalized spacial score (nSPS) is 11.8. The number of rotatable bonds is 21. The van der Waals surface area contributed by atoms with Crippen LogP contribution in [0.2, 0.25) is 25.2 Å². The number of oxazole rings is 1. The van der Waals surface area contributed by atoms with E-state index in [1.807, 2.05) is 54.9 Å². The number of hydrogen-bond donors (Lipinski definition) is 0. The van der Waals surface area contributed by atoms with Crippen LogP contribution >= 0.6 is 0 Å². The maximum atomic E-state index is 6.09. The number of fused-ring (bicyclic) bond motifs is 1. The molecule has 0 aliphatic carbocycles. The fraction of sp³-hybridized carbons (Fsp3) is 0.553. The zero-order valence-corrected chi connectivity index (χ0v) is 28.9. The molecule has 0 unspecified atom stereocenters. The van der Waals surface area contributed by atoms with Crippen molar-refractivity contribution in [3.63, 3.8) is 0 Å². The first-order chi connectivity index (χ1) is 21.5. The SMILES string of the molecule is CCCCCCCCCCCCc1cnc(-c2ccc3oc(-c4ccc(OCCC[Si](C)(C)CCCC)cc4)nc3c2)nc1. The Balaban J connectivity index is 1.22. The van der Waals surface area contributed by atoms with Crippen LogP contribution in [0.4, 0.5) is 0 Å². The molecule has 4 aromatic rings. The van der Waals surface area contributed by atoms with E-state index in [0.29, 0.717) is 5.89 Å². The molecule has 0 N–H and O–H groups in total. The van der Waals surface area contributed by atoms with Crippen molar-refractivity contribution in [2.45, 2.75) is 129 Å². The van der Waals surface area contributed by atoms with E-state index in [4.69, 9.17) is 14.1 Å². The molecule has 6 heteroatoms. The molecule has 0 bridgehead atoms. The van der Waals surface area contributed by atoms with Gasteiger partial charge in [-0.25, -0.2) is 15.0 Å². The Bertz CT molecular complexity index is 1370. The number of benzene rings is 2. The van der Waals surface area contributed by atoms with Crippen LogP contribution in [-0.4, -0.2) is 29.6 Å². The Morgan fingerprint density at radius 1 is 0.682 bits per heavy atom. The Morgan fingerprint density at radius 3 is 1.98 bits per heavy atom. The molecule has 2 aromatic carbocycles. The van der Waals surface area contributed by atoms with Crippen LogP contribution in [0.25, 0.3) is 33.9 Å². The molecule has 0 fully saturated rings. The molecule has 0 aliphatic heterocycles. The van der Waals surface area contributed by atoms with Crippen LogP contribution in [0.1, 0.15) is 103 Å². The van der Waals surface area contributed by atoms with Crippen LogP contribution in [0, 0.1) is 0 Å². The summed E-state index contributed by atoms with van der Waals surface area (Å²) in [5.41, 5.74) is 4.67. The van der Waals surface area contributed by atoms with E-state index in [9.17, 15) is 0 Å². The molecule has 44 heavy (non-hydrogen) atoms. The fourth-order valence-electron chi connectivity index (χ4n) is 5.85. The maximum Gasteiger partial charge on any atom is 0.227 e. The Kier molecular flexibility index (Phi) is 13.9. The highest BCUT2D eigenvalue weighted by molar-refractivity contribution is 6.77. The molecule has 5 nitrogen and oxygen atoms in total. The average Bonchev–Trinajstić information content (AvgIpc) is 3.47. The molecular weight excluding hydrogens is 559 g/mol. The summed E-state index contributed by atoms with van der Waals surface area (Å²) in [7, 11) is -1.08. The van der Waals surface area contributed by atoms with Gasteiger partial charge in [-0.15, -0.1) is 0 Å². The lowest BCUT2D eigenvalue weighted by Crippen LogP contribution is -2.25. The summed E-state index contributed by atoms with van der Waals surface area (Å²) in [4.78, 5) is 14.1. The molecule has 2 aromatic heterocycles. The Labute approximate surface area is 267 Å². The summed E-state index contributed by atoms with van der Waals surface area (Å²) in [5, 5.41) is 0. The summed E-state index contributed by atoms with van der Waals surface area (Å²) in [6, 6.07) is 16.8. The highest BCUT2D eigenvalue weighted by Gasteiger charge is 2.19. The van der Waals surface area contributed by atoms with E-state index >= 15 is 0 Å². The van der Waals surface area contributed by atoms with Gasteiger partial charge in [0.25, 0.3) is 0 Å². The first kappa shape index (κ1) is 33.9. The van der Waals surface area contributed by atoms with E-state index in [1.165, 1.54) is 94.7 Å². The second-order valence-electron chi connectivity index (χ2n) is 13.3. The molecule has 0 atom stereocenters. The van der Waals surface area contributed by atoms with Crippen LogP contribution in [0.5, 0.6) is 5.75 Å². The Hall–Kier alpha value is -2.99. The molecule has 0 aliphatic rings. The first-order valence-electron chi connectivity index (χ1n) is 17.4. The van der Waals surface area contributed by atoms with Gasteiger partial charge in [-0.1, -0.05) is 110 Å². The van der Waals surface area contributed by atoms with Crippen LogP contribution in [0.3, 0.4) is 0 Å². The van der Waals surface area contributed by atoms with E-state index in [1.54, 1.807) is 0 Å². The number of hydrogen-bond acceptors (Lipinski definition) is 5. The highest BCUT2D eigenvalue weighted by Crippen LogP contribution is 2.29. The second kappa shape index (κ2) is 18.1. The van der Waals surface area contributed by atoms with Gasteiger partial charge in [0.15, 0.2) is 11.4 Å². The van der Waals surface area contributed by atoms with Crippen LogP contribution in [-0.2, 0) is 6.42 Å². The first-order valence-corrected chi connectivity index (χ1v) is 20.8. The summed E-state index contributed by atoms with van der Waals surface area (Å²) >= 11 is 0. The number of nitrogens with zero attached hydrogens (tertiary/aromatic N) is 3. The zero-order chi connectivity index (χ0) is 31.0. The predicted octanol–water partition coefficient (Wildman–Crippen LogP) is 11.7. The molecule has 0 amide bonds. The van der Waals surface area contributed by atoms with Gasteiger partial charge in [0.1, 0.15) is 11.3 Å². The van der Waals surface area contributed by atoms with E-state index in [0.717, 1.165) is 53.2 Å². The smallest absolute Gasteiger partial charge is 0.227 e. The van der Waals surface area contributed by atoms with Crippen LogP contribution < -0.4 is 4.74 Å². The summed E-state index contributed by atoms with van der Waals surface area (Å²) in [6.07, 6.45) is 22.3. The van der Waals surface area contributed by atoms with Gasteiger partial charge < -0.3 is 9.15 Å². The van der Waals surface area contributed by atoms with Gasteiger partial charge in [0, 0.05) is 31.6 Å². The molecule has 2 heterocycles. The number of ether oxygens (including phenoxy) is 1. The highest BCUT2D eigenvalue weighted by atomic mass is 28.3. The van der Waals surface area contributed by atoms with Crippen molar-refractivity contribution in [2.75, 3.05) is 6.61 Å². The van der Waals surface area contributed by atoms with Gasteiger partial charge >= 0.3 is 0 Å². The van der Waals surface area contributed by atoms with Gasteiger partial charge in [-0.3, -0.25) is 0 Å².